The topological polar surface area (TPSA) is 93.1 Å². The second-order valence-electron chi connectivity index (χ2n) is 8.88. The molecule has 0 saturated heterocycles. The van der Waals surface area contributed by atoms with Gasteiger partial charge in [-0.3, -0.25) is 14.8 Å². The van der Waals surface area contributed by atoms with Crippen LogP contribution < -0.4 is 10.1 Å². The van der Waals surface area contributed by atoms with E-state index in [1.54, 1.807) is 60.9 Å². The molecule has 5 aromatic rings. The van der Waals surface area contributed by atoms with Crippen LogP contribution >= 0.6 is 12.2 Å². The number of anilines is 1. The van der Waals surface area contributed by atoms with Gasteiger partial charge in [-0.25, -0.2) is 9.97 Å². The fourth-order valence-electron chi connectivity index (χ4n) is 4.07. The highest BCUT2D eigenvalue weighted by atomic mass is 32.1. The average molecular weight is 559 g/mol. The monoisotopic (exact) mass is 558 g/mol. The Hall–Kier alpha value is -5.28. The Balaban J connectivity index is 1.36. The summed E-state index contributed by atoms with van der Waals surface area (Å²) in [5.74, 6) is 0.248. The minimum atomic E-state index is -0.276. The lowest BCUT2D eigenvalue weighted by atomic mass is 10.1. The van der Waals surface area contributed by atoms with Gasteiger partial charge >= 0.3 is 0 Å². The molecule has 0 spiro atoms. The first-order chi connectivity index (χ1) is 20.1. The molecule has 1 amide bonds. The molecule has 0 aliphatic rings. The maximum atomic E-state index is 13.0. The Labute approximate surface area is 243 Å². The van der Waals surface area contributed by atoms with Crippen LogP contribution in [0.25, 0.3) is 33.8 Å². The number of ether oxygens (including phenoxy) is 1. The highest BCUT2D eigenvalue weighted by Gasteiger charge is 2.16. The van der Waals surface area contributed by atoms with Crippen molar-refractivity contribution in [2.24, 2.45) is 0 Å². The molecule has 0 aliphatic heterocycles. The van der Waals surface area contributed by atoms with Crippen LogP contribution in [0.4, 0.5) is 5.69 Å². The van der Waals surface area contributed by atoms with Crippen LogP contribution in [0.2, 0.25) is 0 Å². The number of aromatic nitrogens is 4. The van der Waals surface area contributed by atoms with Crippen LogP contribution in [0.5, 0.6) is 5.75 Å². The zero-order valence-electron chi connectivity index (χ0n) is 22.1. The number of fused-ring (bicyclic) bond motifs is 1. The van der Waals surface area contributed by atoms with E-state index < -0.39 is 0 Å². The SMILES string of the molecule is C=CCN(CC=C)C(=S)Oc1ccc(C(=O)Nc2ccc3nc(-c4ccccn4)c(-c4ccccn4)nc3c2)cc1. The predicted molar refractivity (Wildman–Crippen MR) is 166 cm³/mol. The van der Waals surface area contributed by atoms with Gasteiger partial charge < -0.3 is 15.0 Å². The van der Waals surface area contributed by atoms with E-state index in [-0.39, 0.29) is 5.91 Å². The van der Waals surface area contributed by atoms with Crippen molar-refractivity contribution in [1.82, 2.24) is 24.8 Å². The number of thiocarbonyl (C=S) groups is 1. The predicted octanol–water partition coefficient (Wildman–Crippen LogP) is 6.34. The summed E-state index contributed by atoms with van der Waals surface area (Å²) in [7, 11) is 0. The summed E-state index contributed by atoms with van der Waals surface area (Å²) in [5.41, 5.74) is 4.94. The molecule has 41 heavy (non-hydrogen) atoms. The molecule has 0 aliphatic carbocycles. The lowest BCUT2D eigenvalue weighted by Gasteiger charge is -2.21. The molecule has 3 aromatic heterocycles. The minimum absolute atomic E-state index is 0.276. The van der Waals surface area contributed by atoms with Gasteiger partial charge in [0, 0.05) is 36.7 Å². The molecule has 0 radical (unpaired) electrons. The fraction of sp³-hybridized carbons (Fsp3) is 0.0625. The number of carbonyl (C=O) groups is 1. The van der Waals surface area contributed by atoms with E-state index in [0.29, 0.717) is 69.1 Å². The smallest absolute Gasteiger partial charge is 0.265 e. The van der Waals surface area contributed by atoms with Crippen molar-refractivity contribution in [3.05, 3.63) is 122 Å². The standard InChI is InChI=1S/C32H26N6O2S/c1-3-19-38(20-4-2)32(41)40-24-14-11-22(12-15-24)31(39)35-23-13-16-25-28(21-23)37-30(27-10-6-8-18-34-27)29(36-25)26-9-5-7-17-33-26/h3-18,21H,1-2,19-20H2,(H,35,39). The molecule has 0 fully saturated rings. The van der Waals surface area contributed by atoms with Crippen LogP contribution in [0.3, 0.4) is 0 Å². The second kappa shape index (κ2) is 12.7. The van der Waals surface area contributed by atoms with Crippen molar-refractivity contribution in [1.29, 1.82) is 0 Å². The number of amides is 1. The molecule has 5 rings (SSSR count). The maximum absolute atomic E-state index is 13.0. The Morgan fingerprint density at radius 3 is 2.00 bits per heavy atom. The number of nitrogens with zero attached hydrogens (tertiary/aromatic N) is 5. The van der Waals surface area contributed by atoms with Crippen LogP contribution in [0.1, 0.15) is 10.4 Å². The normalized spacial score (nSPS) is 10.5. The summed E-state index contributed by atoms with van der Waals surface area (Å²) in [6.07, 6.45) is 6.91. The maximum Gasteiger partial charge on any atom is 0.265 e. The third kappa shape index (κ3) is 6.48. The third-order valence-electron chi connectivity index (χ3n) is 6.02. The van der Waals surface area contributed by atoms with Gasteiger partial charge in [0.05, 0.1) is 22.4 Å². The van der Waals surface area contributed by atoms with Gasteiger partial charge in [-0.05, 0) is 78.9 Å². The number of rotatable bonds is 9. The summed E-state index contributed by atoms with van der Waals surface area (Å²) >= 11 is 5.38. The summed E-state index contributed by atoms with van der Waals surface area (Å²) in [4.78, 5) is 33.5. The van der Waals surface area contributed by atoms with Gasteiger partial charge in [-0.15, -0.1) is 13.2 Å². The van der Waals surface area contributed by atoms with E-state index >= 15 is 0 Å². The molecule has 0 bridgehead atoms. The first kappa shape index (κ1) is 27.3. The van der Waals surface area contributed by atoms with Crippen LogP contribution in [-0.4, -0.2) is 49.0 Å². The minimum Gasteiger partial charge on any atom is -0.432 e. The van der Waals surface area contributed by atoms with Crippen molar-refractivity contribution in [2.75, 3.05) is 18.4 Å². The first-order valence-electron chi connectivity index (χ1n) is 12.8. The van der Waals surface area contributed by atoms with Crippen molar-refractivity contribution < 1.29 is 9.53 Å². The molecule has 0 saturated carbocycles. The Kier molecular flexibility index (Phi) is 8.46. The zero-order chi connectivity index (χ0) is 28.6. The molecular weight excluding hydrogens is 532 g/mol. The summed E-state index contributed by atoms with van der Waals surface area (Å²) in [6.45, 7) is 8.55. The Morgan fingerprint density at radius 2 is 1.44 bits per heavy atom. The van der Waals surface area contributed by atoms with E-state index in [0.717, 1.165) is 0 Å². The largest absolute Gasteiger partial charge is 0.432 e. The highest BCUT2D eigenvalue weighted by Crippen LogP contribution is 2.29. The van der Waals surface area contributed by atoms with Gasteiger partial charge in [-0.1, -0.05) is 24.3 Å². The quantitative estimate of drug-likeness (QED) is 0.165. The average Bonchev–Trinajstić information content (AvgIpc) is 3.01. The lowest BCUT2D eigenvalue weighted by molar-refractivity contribution is 0.102. The van der Waals surface area contributed by atoms with E-state index in [4.69, 9.17) is 26.9 Å². The number of pyridine rings is 2. The summed E-state index contributed by atoms with van der Waals surface area (Å²) in [5, 5.41) is 3.24. The molecule has 9 heteroatoms. The molecule has 3 heterocycles. The Morgan fingerprint density at radius 1 is 0.829 bits per heavy atom. The van der Waals surface area contributed by atoms with Gasteiger partial charge in [0.15, 0.2) is 0 Å². The molecule has 8 nitrogen and oxygen atoms in total. The zero-order valence-corrected chi connectivity index (χ0v) is 22.9. The van der Waals surface area contributed by atoms with Crippen molar-refractivity contribution >= 4 is 40.0 Å². The second-order valence-corrected chi connectivity index (χ2v) is 9.23. The highest BCUT2D eigenvalue weighted by molar-refractivity contribution is 7.80. The number of benzene rings is 2. The number of nitrogens with one attached hydrogen (secondary N) is 1. The van der Waals surface area contributed by atoms with Gasteiger partial charge in [-0.2, -0.15) is 0 Å². The van der Waals surface area contributed by atoms with Gasteiger partial charge in [0.25, 0.3) is 11.1 Å². The summed E-state index contributed by atoms with van der Waals surface area (Å²) < 4.78 is 5.78. The van der Waals surface area contributed by atoms with E-state index in [1.165, 1.54) is 0 Å². The van der Waals surface area contributed by atoms with Crippen LogP contribution in [0.15, 0.2) is 117 Å². The lowest BCUT2D eigenvalue weighted by Crippen LogP contribution is -2.33. The van der Waals surface area contributed by atoms with Crippen molar-refractivity contribution in [3.8, 4) is 28.5 Å². The van der Waals surface area contributed by atoms with Crippen molar-refractivity contribution in [2.45, 2.75) is 0 Å². The number of hydrogen-bond acceptors (Lipinski definition) is 7. The van der Waals surface area contributed by atoms with E-state index in [1.807, 2.05) is 47.4 Å². The van der Waals surface area contributed by atoms with E-state index in [2.05, 4.69) is 28.4 Å². The first-order valence-corrected chi connectivity index (χ1v) is 13.2. The van der Waals surface area contributed by atoms with Crippen LogP contribution in [0, 0.1) is 0 Å². The molecule has 1 N–H and O–H groups in total. The van der Waals surface area contributed by atoms with E-state index in [9.17, 15) is 4.79 Å². The number of hydrogen-bond donors (Lipinski definition) is 1. The van der Waals surface area contributed by atoms with Crippen LogP contribution in [-0.2, 0) is 0 Å². The Bertz CT molecular complexity index is 1700. The molecule has 2 aromatic carbocycles. The third-order valence-corrected chi connectivity index (χ3v) is 6.36. The number of carbonyl (C=O) groups excluding carboxylic acids is 1. The molecule has 202 valence electrons. The fourth-order valence-corrected chi connectivity index (χ4v) is 4.32. The van der Waals surface area contributed by atoms with Gasteiger partial charge in [0.2, 0.25) is 0 Å². The molecule has 0 unspecified atom stereocenters. The van der Waals surface area contributed by atoms with Gasteiger partial charge in [0.1, 0.15) is 17.1 Å². The molecule has 0 atom stereocenters. The summed E-state index contributed by atoms with van der Waals surface area (Å²) in [6, 6.07) is 23.4. The molecular formula is C32H26N6O2S. The van der Waals surface area contributed by atoms with Crippen molar-refractivity contribution in [3.63, 3.8) is 0 Å².